The minimum atomic E-state index is -0.292. The zero-order chi connectivity index (χ0) is 17.9. The maximum absolute atomic E-state index is 13.0. The van der Waals surface area contributed by atoms with Gasteiger partial charge in [0, 0.05) is 11.8 Å². The number of ether oxygens (including phenoxy) is 1. The fourth-order valence-corrected chi connectivity index (χ4v) is 2.55. The van der Waals surface area contributed by atoms with E-state index in [2.05, 4.69) is 20.2 Å². The summed E-state index contributed by atoms with van der Waals surface area (Å²) >= 11 is 0. The maximum atomic E-state index is 13.0. The third-order valence-corrected chi connectivity index (χ3v) is 3.91. The van der Waals surface area contributed by atoms with Crippen molar-refractivity contribution >= 4 is 0 Å². The first kappa shape index (κ1) is 16.0. The van der Waals surface area contributed by atoms with Crippen LogP contribution in [0, 0.1) is 12.7 Å². The average molecular weight is 346 g/mol. The standard InChI is InChI=1S/C20H15FN4O/c1-13-12-23-25-19(13)20-22-11-10-18(24-20)14-2-6-16(7-3-14)26-17-8-4-15(21)5-9-17/h2-12H,1H3,(H,23,25). The zero-order valence-electron chi connectivity index (χ0n) is 14.0. The van der Waals surface area contributed by atoms with E-state index < -0.39 is 0 Å². The summed E-state index contributed by atoms with van der Waals surface area (Å²) in [7, 11) is 0. The molecule has 2 aromatic heterocycles. The Morgan fingerprint density at radius 2 is 1.62 bits per heavy atom. The summed E-state index contributed by atoms with van der Waals surface area (Å²) in [5.74, 6) is 1.56. The molecule has 5 nitrogen and oxygen atoms in total. The average Bonchev–Trinajstić information content (AvgIpc) is 3.10. The number of nitrogens with one attached hydrogen (secondary N) is 1. The highest BCUT2D eigenvalue weighted by atomic mass is 19.1. The van der Waals surface area contributed by atoms with E-state index in [1.807, 2.05) is 37.3 Å². The lowest BCUT2D eigenvalue weighted by Gasteiger charge is -2.07. The lowest BCUT2D eigenvalue weighted by atomic mass is 10.1. The van der Waals surface area contributed by atoms with Crippen LogP contribution in [-0.2, 0) is 0 Å². The fourth-order valence-electron chi connectivity index (χ4n) is 2.55. The number of aryl methyl sites for hydroxylation is 1. The second-order valence-electron chi connectivity index (χ2n) is 5.77. The molecule has 0 aliphatic heterocycles. The van der Waals surface area contributed by atoms with Crippen LogP contribution in [0.2, 0.25) is 0 Å². The normalized spacial score (nSPS) is 10.7. The second kappa shape index (κ2) is 6.76. The van der Waals surface area contributed by atoms with Gasteiger partial charge < -0.3 is 4.74 Å². The van der Waals surface area contributed by atoms with Crippen LogP contribution in [0.4, 0.5) is 4.39 Å². The number of aromatic amines is 1. The van der Waals surface area contributed by atoms with Gasteiger partial charge >= 0.3 is 0 Å². The minimum absolute atomic E-state index is 0.292. The van der Waals surface area contributed by atoms with Gasteiger partial charge in [-0.3, -0.25) is 5.10 Å². The van der Waals surface area contributed by atoms with Crippen molar-refractivity contribution in [1.82, 2.24) is 20.2 Å². The highest BCUT2D eigenvalue weighted by Crippen LogP contribution is 2.26. The third kappa shape index (κ3) is 3.30. The quantitative estimate of drug-likeness (QED) is 0.578. The van der Waals surface area contributed by atoms with Gasteiger partial charge in [0.25, 0.3) is 0 Å². The predicted octanol–water partition coefficient (Wildman–Crippen LogP) is 4.77. The SMILES string of the molecule is Cc1cn[nH]c1-c1nccc(-c2ccc(Oc3ccc(F)cc3)cc2)n1. The van der Waals surface area contributed by atoms with Gasteiger partial charge in [0.05, 0.1) is 11.9 Å². The largest absolute Gasteiger partial charge is 0.457 e. The topological polar surface area (TPSA) is 63.7 Å². The van der Waals surface area contributed by atoms with Gasteiger partial charge in [-0.05, 0) is 67.1 Å². The molecule has 0 fully saturated rings. The molecule has 0 amide bonds. The summed E-state index contributed by atoms with van der Waals surface area (Å²) in [6.45, 7) is 1.95. The van der Waals surface area contributed by atoms with E-state index in [9.17, 15) is 4.39 Å². The van der Waals surface area contributed by atoms with Gasteiger partial charge in [-0.15, -0.1) is 0 Å². The molecule has 0 aliphatic rings. The first-order chi connectivity index (χ1) is 12.7. The van der Waals surface area contributed by atoms with Crippen LogP contribution in [0.25, 0.3) is 22.8 Å². The molecule has 0 aliphatic carbocycles. The predicted molar refractivity (Wildman–Crippen MR) is 96.3 cm³/mol. The smallest absolute Gasteiger partial charge is 0.178 e. The Morgan fingerprint density at radius 1 is 0.923 bits per heavy atom. The summed E-state index contributed by atoms with van der Waals surface area (Å²) in [4.78, 5) is 8.92. The van der Waals surface area contributed by atoms with E-state index >= 15 is 0 Å². The molecule has 6 heteroatoms. The second-order valence-corrected chi connectivity index (χ2v) is 5.77. The highest BCUT2D eigenvalue weighted by Gasteiger charge is 2.09. The fraction of sp³-hybridized carbons (Fsp3) is 0.0500. The van der Waals surface area contributed by atoms with Gasteiger partial charge in [0.15, 0.2) is 5.82 Å². The van der Waals surface area contributed by atoms with Gasteiger partial charge in [-0.25, -0.2) is 14.4 Å². The Hall–Kier alpha value is -3.54. The molecular formula is C20H15FN4O. The molecule has 0 saturated carbocycles. The number of H-pyrrole nitrogens is 1. The van der Waals surface area contributed by atoms with Crippen LogP contribution in [0.5, 0.6) is 11.5 Å². The number of rotatable bonds is 4. The first-order valence-electron chi connectivity index (χ1n) is 8.06. The lowest BCUT2D eigenvalue weighted by molar-refractivity contribution is 0.480. The van der Waals surface area contributed by atoms with Crippen LogP contribution in [0.1, 0.15) is 5.56 Å². The third-order valence-electron chi connectivity index (χ3n) is 3.91. The Kier molecular flexibility index (Phi) is 4.15. The van der Waals surface area contributed by atoms with Gasteiger partial charge in [-0.2, -0.15) is 5.10 Å². The van der Waals surface area contributed by atoms with E-state index in [0.717, 1.165) is 22.5 Å². The Balaban J connectivity index is 1.57. The summed E-state index contributed by atoms with van der Waals surface area (Å²) in [5.41, 5.74) is 3.54. The van der Waals surface area contributed by atoms with Crippen LogP contribution in [-0.4, -0.2) is 20.2 Å². The summed E-state index contributed by atoms with van der Waals surface area (Å²) in [6.07, 6.45) is 3.47. The maximum Gasteiger partial charge on any atom is 0.178 e. The van der Waals surface area contributed by atoms with Gasteiger partial charge in [0.1, 0.15) is 23.0 Å². The number of benzene rings is 2. The Bertz CT molecular complexity index is 1030. The highest BCUT2D eigenvalue weighted by molar-refractivity contribution is 5.63. The Morgan fingerprint density at radius 3 is 2.27 bits per heavy atom. The molecule has 0 spiro atoms. The van der Waals surface area contributed by atoms with Gasteiger partial charge in [0.2, 0.25) is 0 Å². The molecule has 0 atom stereocenters. The van der Waals surface area contributed by atoms with Crippen molar-refractivity contribution in [3.05, 3.63) is 78.4 Å². The van der Waals surface area contributed by atoms with E-state index in [1.54, 1.807) is 24.5 Å². The number of aromatic nitrogens is 4. The van der Waals surface area contributed by atoms with Crippen molar-refractivity contribution in [2.24, 2.45) is 0 Å². The molecule has 0 unspecified atom stereocenters. The first-order valence-corrected chi connectivity index (χ1v) is 8.06. The van der Waals surface area contributed by atoms with Crippen LogP contribution < -0.4 is 4.74 Å². The van der Waals surface area contributed by atoms with E-state index in [-0.39, 0.29) is 5.82 Å². The zero-order valence-corrected chi connectivity index (χ0v) is 14.0. The van der Waals surface area contributed by atoms with Crippen LogP contribution in [0.15, 0.2) is 67.0 Å². The number of halogens is 1. The summed E-state index contributed by atoms with van der Waals surface area (Å²) in [6, 6.07) is 15.3. The molecule has 0 bridgehead atoms. The van der Waals surface area contributed by atoms with Crippen molar-refractivity contribution in [2.75, 3.05) is 0 Å². The number of nitrogens with zero attached hydrogens (tertiary/aromatic N) is 3. The summed E-state index contributed by atoms with van der Waals surface area (Å²) < 4.78 is 18.7. The molecule has 26 heavy (non-hydrogen) atoms. The summed E-state index contributed by atoms with van der Waals surface area (Å²) in [5, 5.41) is 6.93. The lowest BCUT2D eigenvalue weighted by Crippen LogP contribution is -1.93. The van der Waals surface area contributed by atoms with E-state index in [1.165, 1.54) is 12.1 Å². The van der Waals surface area contributed by atoms with Gasteiger partial charge in [-0.1, -0.05) is 0 Å². The minimum Gasteiger partial charge on any atom is -0.457 e. The van der Waals surface area contributed by atoms with Crippen molar-refractivity contribution in [2.45, 2.75) is 6.92 Å². The van der Waals surface area contributed by atoms with Crippen molar-refractivity contribution in [3.8, 4) is 34.3 Å². The molecule has 2 heterocycles. The molecule has 4 aromatic rings. The molecule has 0 saturated heterocycles. The molecular weight excluding hydrogens is 331 g/mol. The number of hydrogen-bond donors (Lipinski definition) is 1. The molecule has 4 rings (SSSR count). The Labute approximate surface area is 149 Å². The van der Waals surface area contributed by atoms with E-state index in [0.29, 0.717) is 17.3 Å². The molecule has 2 aromatic carbocycles. The van der Waals surface area contributed by atoms with Crippen molar-refractivity contribution in [3.63, 3.8) is 0 Å². The van der Waals surface area contributed by atoms with Crippen molar-refractivity contribution in [1.29, 1.82) is 0 Å². The molecule has 1 N–H and O–H groups in total. The number of hydrogen-bond acceptors (Lipinski definition) is 4. The monoisotopic (exact) mass is 346 g/mol. The molecule has 0 radical (unpaired) electrons. The van der Waals surface area contributed by atoms with E-state index in [4.69, 9.17) is 4.74 Å². The van der Waals surface area contributed by atoms with Crippen LogP contribution in [0.3, 0.4) is 0 Å². The molecule has 128 valence electrons. The van der Waals surface area contributed by atoms with Crippen molar-refractivity contribution < 1.29 is 9.13 Å². The van der Waals surface area contributed by atoms with Crippen LogP contribution >= 0.6 is 0 Å².